The molecule has 0 aliphatic heterocycles. The van der Waals surface area contributed by atoms with Gasteiger partial charge >= 0.3 is 0 Å². The lowest BCUT2D eigenvalue weighted by molar-refractivity contribution is 0.373. The van der Waals surface area contributed by atoms with Crippen molar-refractivity contribution in [3.8, 4) is 0 Å². The first-order chi connectivity index (χ1) is 8.78. The van der Waals surface area contributed by atoms with Gasteiger partial charge in [0.2, 0.25) is 0 Å². The van der Waals surface area contributed by atoms with Crippen LogP contribution in [0.25, 0.3) is 0 Å². The minimum absolute atomic E-state index is 0.816. The van der Waals surface area contributed by atoms with Crippen LogP contribution in [0, 0.1) is 12.8 Å². The van der Waals surface area contributed by atoms with Gasteiger partial charge in [-0.2, -0.15) is 0 Å². The third-order valence-electron chi connectivity index (χ3n) is 3.49. The zero-order chi connectivity index (χ0) is 12.8. The number of aromatic nitrogens is 2. The second kappa shape index (κ2) is 6.57. The number of aryl methyl sites for hydroxylation is 1. The first kappa shape index (κ1) is 13.1. The van der Waals surface area contributed by atoms with Crippen molar-refractivity contribution in [1.29, 1.82) is 0 Å². The standard InChI is InChI=1S/C14H24N4/c1-3-15-13-9-14(18-11(2)17-13)16-10-12-7-5-4-6-8-12/h9,12H,3-8,10H2,1-2H3,(H2,15,16,17,18). The number of rotatable bonds is 5. The molecule has 0 spiro atoms. The summed E-state index contributed by atoms with van der Waals surface area (Å²) in [4.78, 5) is 8.79. The molecule has 100 valence electrons. The highest BCUT2D eigenvalue weighted by atomic mass is 15.1. The van der Waals surface area contributed by atoms with E-state index in [4.69, 9.17) is 0 Å². The molecule has 1 aliphatic carbocycles. The van der Waals surface area contributed by atoms with Crippen LogP contribution < -0.4 is 10.6 Å². The Morgan fingerprint density at radius 1 is 1.11 bits per heavy atom. The van der Waals surface area contributed by atoms with Gasteiger partial charge in [0.25, 0.3) is 0 Å². The number of nitrogens with zero attached hydrogens (tertiary/aromatic N) is 2. The van der Waals surface area contributed by atoms with Crippen molar-refractivity contribution in [3.63, 3.8) is 0 Å². The summed E-state index contributed by atoms with van der Waals surface area (Å²) in [6, 6.07) is 2.00. The maximum Gasteiger partial charge on any atom is 0.131 e. The maximum absolute atomic E-state index is 4.44. The Morgan fingerprint density at radius 2 is 1.78 bits per heavy atom. The molecule has 1 saturated carbocycles. The van der Waals surface area contributed by atoms with Crippen LogP contribution in [0.15, 0.2) is 6.07 Å². The molecule has 1 fully saturated rings. The van der Waals surface area contributed by atoms with Crippen molar-refractivity contribution in [2.45, 2.75) is 46.0 Å². The minimum Gasteiger partial charge on any atom is -0.370 e. The topological polar surface area (TPSA) is 49.8 Å². The number of hydrogen-bond acceptors (Lipinski definition) is 4. The third-order valence-corrected chi connectivity index (χ3v) is 3.49. The van der Waals surface area contributed by atoms with Crippen LogP contribution in [0.3, 0.4) is 0 Å². The van der Waals surface area contributed by atoms with E-state index in [0.717, 1.165) is 36.5 Å². The molecule has 0 amide bonds. The molecular weight excluding hydrogens is 224 g/mol. The van der Waals surface area contributed by atoms with Crippen LogP contribution >= 0.6 is 0 Å². The van der Waals surface area contributed by atoms with E-state index in [2.05, 4.69) is 27.5 Å². The van der Waals surface area contributed by atoms with E-state index < -0.39 is 0 Å². The van der Waals surface area contributed by atoms with Gasteiger partial charge in [-0.25, -0.2) is 9.97 Å². The van der Waals surface area contributed by atoms with E-state index >= 15 is 0 Å². The highest BCUT2D eigenvalue weighted by Gasteiger charge is 2.13. The van der Waals surface area contributed by atoms with Gasteiger partial charge < -0.3 is 10.6 Å². The maximum atomic E-state index is 4.44. The van der Waals surface area contributed by atoms with Gasteiger partial charge in [0.05, 0.1) is 0 Å². The first-order valence-corrected chi connectivity index (χ1v) is 7.11. The van der Waals surface area contributed by atoms with Crippen LogP contribution in [0.4, 0.5) is 11.6 Å². The van der Waals surface area contributed by atoms with Crippen LogP contribution in [-0.4, -0.2) is 23.1 Å². The fourth-order valence-electron chi connectivity index (χ4n) is 2.57. The Morgan fingerprint density at radius 3 is 2.44 bits per heavy atom. The van der Waals surface area contributed by atoms with Crippen molar-refractivity contribution >= 4 is 11.6 Å². The highest BCUT2D eigenvalue weighted by molar-refractivity contribution is 5.47. The summed E-state index contributed by atoms with van der Waals surface area (Å²) >= 11 is 0. The highest BCUT2D eigenvalue weighted by Crippen LogP contribution is 2.24. The summed E-state index contributed by atoms with van der Waals surface area (Å²) in [6.45, 7) is 5.94. The second-order valence-electron chi connectivity index (χ2n) is 5.10. The van der Waals surface area contributed by atoms with Crippen molar-refractivity contribution < 1.29 is 0 Å². The molecule has 1 heterocycles. The SMILES string of the molecule is CCNc1cc(NCC2CCCCC2)nc(C)n1. The largest absolute Gasteiger partial charge is 0.370 e. The Balaban J connectivity index is 1.91. The fourth-order valence-corrected chi connectivity index (χ4v) is 2.57. The van der Waals surface area contributed by atoms with E-state index in [1.165, 1.54) is 32.1 Å². The predicted octanol–water partition coefficient (Wildman–Crippen LogP) is 3.21. The van der Waals surface area contributed by atoms with Crippen LogP contribution in [-0.2, 0) is 0 Å². The van der Waals surface area contributed by atoms with Gasteiger partial charge in [0, 0.05) is 19.2 Å². The van der Waals surface area contributed by atoms with Gasteiger partial charge in [0.15, 0.2) is 0 Å². The van der Waals surface area contributed by atoms with Gasteiger partial charge in [-0.1, -0.05) is 19.3 Å². The zero-order valence-electron chi connectivity index (χ0n) is 11.5. The summed E-state index contributed by atoms with van der Waals surface area (Å²) in [7, 11) is 0. The minimum atomic E-state index is 0.816. The van der Waals surface area contributed by atoms with Gasteiger partial charge in [-0.15, -0.1) is 0 Å². The van der Waals surface area contributed by atoms with E-state index in [1.54, 1.807) is 0 Å². The van der Waals surface area contributed by atoms with Crippen molar-refractivity contribution in [3.05, 3.63) is 11.9 Å². The monoisotopic (exact) mass is 248 g/mol. The van der Waals surface area contributed by atoms with Crippen molar-refractivity contribution in [1.82, 2.24) is 9.97 Å². The molecule has 4 nitrogen and oxygen atoms in total. The molecule has 4 heteroatoms. The normalized spacial score (nSPS) is 16.6. The lowest BCUT2D eigenvalue weighted by atomic mass is 9.89. The molecule has 0 unspecified atom stereocenters. The summed E-state index contributed by atoms with van der Waals surface area (Å²) in [5.74, 6) is 3.50. The lowest BCUT2D eigenvalue weighted by Gasteiger charge is -2.22. The van der Waals surface area contributed by atoms with E-state index in [1.807, 2.05) is 13.0 Å². The number of nitrogens with one attached hydrogen (secondary N) is 2. The Kier molecular flexibility index (Phi) is 4.79. The molecule has 0 atom stereocenters. The lowest BCUT2D eigenvalue weighted by Crippen LogP contribution is -2.18. The number of anilines is 2. The van der Waals surface area contributed by atoms with Gasteiger partial charge in [-0.3, -0.25) is 0 Å². The molecule has 0 saturated heterocycles. The third kappa shape index (κ3) is 3.86. The number of hydrogen-bond donors (Lipinski definition) is 2. The quantitative estimate of drug-likeness (QED) is 0.840. The Bertz CT molecular complexity index is 372. The van der Waals surface area contributed by atoms with Crippen molar-refractivity contribution in [2.24, 2.45) is 5.92 Å². The van der Waals surface area contributed by atoms with Crippen LogP contribution in [0.5, 0.6) is 0 Å². The summed E-state index contributed by atoms with van der Waals surface area (Å²) in [5, 5.41) is 6.70. The fraction of sp³-hybridized carbons (Fsp3) is 0.714. The van der Waals surface area contributed by atoms with E-state index in [9.17, 15) is 0 Å². The zero-order valence-corrected chi connectivity index (χ0v) is 11.5. The first-order valence-electron chi connectivity index (χ1n) is 7.11. The summed E-state index contributed by atoms with van der Waals surface area (Å²) < 4.78 is 0. The average molecular weight is 248 g/mol. The second-order valence-corrected chi connectivity index (χ2v) is 5.10. The molecule has 0 bridgehead atoms. The summed E-state index contributed by atoms with van der Waals surface area (Å²) in [6.07, 6.45) is 6.90. The van der Waals surface area contributed by atoms with Crippen molar-refractivity contribution in [2.75, 3.05) is 23.7 Å². The molecule has 1 aromatic rings. The summed E-state index contributed by atoms with van der Waals surface area (Å²) in [5.41, 5.74) is 0. The molecule has 2 rings (SSSR count). The molecule has 1 aromatic heterocycles. The Labute approximate surface area is 110 Å². The molecule has 18 heavy (non-hydrogen) atoms. The van der Waals surface area contributed by atoms with E-state index in [0.29, 0.717) is 0 Å². The van der Waals surface area contributed by atoms with Gasteiger partial charge in [-0.05, 0) is 32.6 Å². The average Bonchev–Trinajstić information content (AvgIpc) is 2.37. The van der Waals surface area contributed by atoms with Crippen LogP contribution in [0.2, 0.25) is 0 Å². The predicted molar refractivity (Wildman–Crippen MR) is 76.0 cm³/mol. The Hall–Kier alpha value is -1.32. The van der Waals surface area contributed by atoms with E-state index in [-0.39, 0.29) is 0 Å². The van der Waals surface area contributed by atoms with Crippen LogP contribution in [0.1, 0.15) is 44.9 Å². The van der Waals surface area contributed by atoms with Gasteiger partial charge in [0.1, 0.15) is 17.5 Å². The molecule has 0 aromatic carbocycles. The molecule has 2 N–H and O–H groups in total. The molecule has 0 radical (unpaired) electrons. The smallest absolute Gasteiger partial charge is 0.131 e. The molecular formula is C14H24N4. The molecule has 1 aliphatic rings.